The first kappa shape index (κ1) is 23.4. The molecule has 0 spiro atoms. The highest BCUT2D eigenvalue weighted by molar-refractivity contribution is 14.1. The summed E-state index contributed by atoms with van der Waals surface area (Å²) in [6.45, 7) is 5.51. The van der Waals surface area contributed by atoms with Gasteiger partial charge in [-0.15, -0.1) is 0 Å². The minimum absolute atomic E-state index is 0.614. The van der Waals surface area contributed by atoms with Gasteiger partial charge in [0.25, 0.3) is 0 Å². The highest BCUT2D eigenvalue weighted by Gasteiger charge is 2.15. The van der Waals surface area contributed by atoms with Gasteiger partial charge < -0.3 is 16.0 Å². The van der Waals surface area contributed by atoms with E-state index in [2.05, 4.69) is 98.1 Å². The zero-order chi connectivity index (χ0) is 23.3. The first-order valence-corrected chi connectivity index (χ1v) is 13.2. The number of anilines is 1. The molecule has 5 rings (SSSR count). The maximum atomic E-state index is 5.63. The van der Waals surface area contributed by atoms with Crippen molar-refractivity contribution in [2.75, 3.05) is 38.0 Å². The van der Waals surface area contributed by atoms with Gasteiger partial charge in [0.05, 0.1) is 5.69 Å². The summed E-state index contributed by atoms with van der Waals surface area (Å²) in [5.74, 6) is 0. The summed E-state index contributed by atoms with van der Waals surface area (Å²) in [5.41, 5.74) is 5.69. The highest BCUT2D eigenvalue weighted by atomic mass is 127. The number of pyridine rings is 1. The van der Waals surface area contributed by atoms with Gasteiger partial charge in [0.15, 0.2) is 5.11 Å². The Morgan fingerprint density at radius 3 is 2.71 bits per heavy atom. The van der Waals surface area contributed by atoms with Gasteiger partial charge in [-0.3, -0.25) is 9.88 Å². The van der Waals surface area contributed by atoms with Crippen molar-refractivity contribution in [1.82, 2.24) is 20.5 Å². The van der Waals surface area contributed by atoms with Crippen LogP contribution in [0.1, 0.15) is 12.8 Å². The molecule has 3 aromatic rings. The first-order chi connectivity index (χ1) is 16.7. The molecular weight excluding hydrogens is 553 g/mol. The number of allylic oxidation sites excluding steroid dienone is 3. The van der Waals surface area contributed by atoms with Crippen molar-refractivity contribution in [2.45, 2.75) is 12.8 Å². The van der Waals surface area contributed by atoms with Gasteiger partial charge in [-0.25, -0.2) is 0 Å². The minimum Gasteiger partial charge on any atom is -0.336 e. The van der Waals surface area contributed by atoms with Crippen LogP contribution in [0.3, 0.4) is 0 Å². The van der Waals surface area contributed by atoms with Crippen molar-refractivity contribution in [3.63, 3.8) is 0 Å². The standard InChI is InChI=1S/C27H28IN5S/c28-25-10-9-22(17-24(25)26-23-4-2-1-3-20(23)11-12-30-26)32-27(34)31-21-7-5-19(6-8-21)18-33-15-13-29-14-16-33/h1-5,7,9-12,17,29H,6,8,13-16,18H2,(H2,31,32,34). The summed E-state index contributed by atoms with van der Waals surface area (Å²) in [5, 5.41) is 13.1. The fourth-order valence-electron chi connectivity index (χ4n) is 4.50. The normalized spacial score (nSPS) is 16.6. The molecule has 1 saturated heterocycles. The molecule has 0 saturated carbocycles. The van der Waals surface area contributed by atoms with E-state index in [1.807, 2.05) is 12.3 Å². The zero-order valence-electron chi connectivity index (χ0n) is 19.0. The van der Waals surface area contributed by atoms with Crippen LogP contribution in [0.5, 0.6) is 0 Å². The number of aromatic nitrogens is 1. The zero-order valence-corrected chi connectivity index (χ0v) is 22.0. The molecule has 2 aromatic carbocycles. The van der Waals surface area contributed by atoms with E-state index in [1.165, 1.54) is 11.0 Å². The maximum Gasteiger partial charge on any atom is 0.175 e. The van der Waals surface area contributed by atoms with E-state index < -0.39 is 0 Å². The van der Waals surface area contributed by atoms with E-state index in [1.54, 1.807) is 0 Å². The lowest BCUT2D eigenvalue weighted by molar-refractivity contribution is 0.257. The minimum atomic E-state index is 0.614. The number of hydrogen-bond acceptors (Lipinski definition) is 4. The molecule has 0 bridgehead atoms. The predicted octanol–water partition coefficient (Wildman–Crippen LogP) is 5.30. The lowest BCUT2D eigenvalue weighted by atomic mass is 10.0. The number of nitrogens with zero attached hydrogens (tertiary/aromatic N) is 2. The molecule has 2 aliphatic rings. The van der Waals surface area contributed by atoms with E-state index in [9.17, 15) is 0 Å². The summed E-state index contributed by atoms with van der Waals surface area (Å²) in [6, 6.07) is 16.7. The van der Waals surface area contributed by atoms with Crippen LogP contribution in [0.15, 0.2) is 78.1 Å². The molecule has 0 unspecified atom stereocenters. The SMILES string of the molecule is S=C(NC1=CC=C(CN2CCNCC2)CC1)Nc1ccc(I)c(-c2nccc3ccccc23)c1. The Kier molecular flexibility index (Phi) is 7.54. The Bertz CT molecular complexity index is 1260. The number of thiocarbonyl (C=S) groups is 1. The van der Waals surface area contributed by atoms with Crippen molar-refractivity contribution in [1.29, 1.82) is 0 Å². The van der Waals surface area contributed by atoms with Crippen molar-refractivity contribution in [3.8, 4) is 11.3 Å². The van der Waals surface area contributed by atoms with Gasteiger partial charge in [-0.2, -0.15) is 0 Å². The molecule has 3 N–H and O–H groups in total. The van der Waals surface area contributed by atoms with Gasteiger partial charge >= 0.3 is 0 Å². The molecule has 174 valence electrons. The fraction of sp³-hybridized carbons (Fsp3) is 0.259. The Morgan fingerprint density at radius 2 is 1.88 bits per heavy atom. The van der Waals surface area contributed by atoms with E-state index >= 15 is 0 Å². The van der Waals surface area contributed by atoms with Crippen molar-refractivity contribution >= 4 is 56.4 Å². The van der Waals surface area contributed by atoms with Gasteiger partial charge in [0.1, 0.15) is 0 Å². The number of piperazine rings is 1. The molecule has 0 amide bonds. The lowest BCUT2D eigenvalue weighted by Crippen LogP contribution is -2.44. The Hall–Kier alpha value is -2.33. The van der Waals surface area contributed by atoms with Crippen LogP contribution in [0.2, 0.25) is 0 Å². The van der Waals surface area contributed by atoms with Crippen molar-refractivity contribution < 1.29 is 0 Å². The fourth-order valence-corrected chi connectivity index (χ4v) is 5.34. The number of fused-ring (bicyclic) bond motifs is 1. The average molecular weight is 582 g/mol. The number of halogens is 1. The van der Waals surface area contributed by atoms with Crippen molar-refractivity contribution in [3.05, 3.63) is 81.7 Å². The Labute approximate surface area is 219 Å². The molecule has 1 fully saturated rings. The molecule has 5 nitrogen and oxygen atoms in total. The second-order valence-electron chi connectivity index (χ2n) is 8.70. The topological polar surface area (TPSA) is 52.2 Å². The van der Waals surface area contributed by atoms with E-state index in [0.29, 0.717) is 5.11 Å². The molecule has 7 heteroatoms. The Balaban J connectivity index is 1.26. The third kappa shape index (κ3) is 5.66. The number of benzene rings is 2. The highest BCUT2D eigenvalue weighted by Crippen LogP contribution is 2.32. The van der Waals surface area contributed by atoms with E-state index in [-0.39, 0.29) is 0 Å². The van der Waals surface area contributed by atoms with Crippen LogP contribution < -0.4 is 16.0 Å². The first-order valence-electron chi connectivity index (χ1n) is 11.7. The molecule has 0 radical (unpaired) electrons. The monoisotopic (exact) mass is 581 g/mol. The summed E-state index contributed by atoms with van der Waals surface area (Å²) < 4.78 is 1.16. The summed E-state index contributed by atoms with van der Waals surface area (Å²) in [7, 11) is 0. The molecule has 34 heavy (non-hydrogen) atoms. The van der Waals surface area contributed by atoms with Crippen LogP contribution in [0, 0.1) is 3.57 Å². The van der Waals surface area contributed by atoms with Crippen LogP contribution in [0.25, 0.3) is 22.0 Å². The smallest absolute Gasteiger partial charge is 0.175 e. The summed E-state index contributed by atoms with van der Waals surface area (Å²) in [6.07, 6.45) is 8.36. The van der Waals surface area contributed by atoms with Gasteiger partial charge in [-0.05, 0) is 83.4 Å². The van der Waals surface area contributed by atoms with Crippen LogP contribution in [-0.2, 0) is 0 Å². The van der Waals surface area contributed by atoms with Gasteiger partial charge in [0, 0.05) is 64.8 Å². The molecule has 1 aliphatic carbocycles. The largest absolute Gasteiger partial charge is 0.336 e. The second kappa shape index (κ2) is 10.9. The lowest BCUT2D eigenvalue weighted by Gasteiger charge is -2.29. The summed E-state index contributed by atoms with van der Waals surface area (Å²) in [4.78, 5) is 7.22. The predicted molar refractivity (Wildman–Crippen MR) is 154 cm³/mol. The molecular formula is C27H28IN5S. The van der Waals surface area contributed by atoms with E-state index in [0.717, 1.165) is 77.2 Å². The number of hydrogen-bond donors (Lipinski definition) is 3. The van der Waals surface area contributed by atoms with Crippen LogP contribution in [0.4, 0.5) is 5.69 Å². The molecule has 0 atom stereocenters. The number of nitrogens with one attached hydrogen (secondary N) is 3. The maximum absolute atomic E-state index is 5.63. The van der Waals surface area contributed by atoms with Crippen molar-refractivity contribution in [2.24, 2.45) is 0 Å². The molecule has 1 aliphatic heterocycles. The average Bonchev–Trinajstić information content (AvgIpc) is 2.87. The molecule has 2 heterocycles. The van der Waals surface area contributed by atoms with Crippen LogP contribution in [-0.4, -0.2) is 47.7 Å². The molecule has 1 aromatic heterocycles. The third-order valence-corrected chi connectivity index (χ3v) is 7.44. The second-order valence-corrected chi connectivity index (χ2v) is 10.3. The van der Waals surface area contributed by atoms with Gasteiger partial charge in [0.2, 0.25) is 0 Å². The number of rotatable bonds is 5. The quantitative estimate of drug-likeness (QED) is 0.281. The Morgan fingerprint density at radius 1 is 1.03 bits per heavy atom. The van der Waals surface area contributed by atoms with Crippen LogP contribution >= 0.6 is 34.8 Å². The van der Waals surface area contributed by atoms with E-state index in [4.69, 9.17) is 17.2 Å². The third-order valence-electron chi connectivity index (χ3n) is 6.30. The van der Waals surface area contributed by atoms with Gasteiger partial charge in [-0.1, -0.05) is 35.9 Å². The summed E-state index contributed by atoms with van der Waals surface area (Å²) >= 11 is 8.00.